The number of ether oxygens (including phenoxy) is 1. The fourth-order valence-electron chi connectivity index (χ4n) is 3.49. The van der Waals surface area contributed by atoms with Crippen molar-refractivity contribution in [2.75, 3.05) is 18.5 Å². The van der Waals surface area contributed by atoms with Gasteiger partial charge in [0.05, 0.1) is 5.69 Å². The third-order valence-electron chi connectivity index (χ3n) is 4.98. The van der Waals surface area contributed by atoms with Crippen molar-refractivity contribution in [1.82, 2.24) is 4.90 Å². The number of amides is 2. The molecule has 0 aromatic heterocycles. The smallest absolute Gasteiger partial charge is 0.262 e. The molecule has 0 atom stereocenters. The molecule has 2 aromatic rings. The lowest BCUT2D eigenvalue weighted by molar-refractivity contribution is -0.132. The second-order valence-corrected chi connectivity index (χ2v) is 6.80. The SMILES string of the molecule is O=C1COc2ccc(C(=O)CCC(=O)N3CCc4ccccc4C3)cc2N1. The molecular formula is C21H20N2O4. The lowest BCUT2D eigenvalue weighted by Crippen LogP contribution is -2.36. The van der Waals surface area contributed by atoms with Gasteiger partial charge in [-0.1, -0.05) is 24.3 Å². The topological polar surface area (TPSA) is 75.7 Å². The number of benzene rings is 2. The van der Waals surface area contributed by atoms with Gasteiger partial charge < -0.3 is 15.0 Å². The van der Waals surface area contributed by atoms with Gasteiger partial charge in [-0.25, -0.2) is 0 Å². The van der Waals surface area contributed by atoms with Crippen LogP contribution in [-0.2, 0) is 22.6 Å². The maximum atomic E-state index is 12.5. The van der Waals surface area contributed by atoms with Gasteiger partial charge in [-0.3, -0.25) is 14.4 Å². The molecule has 0 radical (unpaired) electrons. The number of Topliss-reactive ketones (excluding diaryl/α,β-unsaturated/α-hetero) is 1. The van der Waals surface area contributed by atoms with E-state index in [1.165, 1.54) is 11.1 Å². The van der Waals surface area contributed by atoms with Crippen molar-refractivity contribution in [3.8, 4) is 5.75 Å². The maximum absolute atomic E-state index is 12.5. The lowest BCUT2D eigenvalue weighted by atomic mass is 9.99. The predicted molar refractivity (Wildman–Crippen MR) is 99.7 cm³/mol. The molecule has 2 aliphatic heterocycles. The molecule has 4 rings (SSSR count). The molecule has 0 fully saturated rings. The number of ketones is 1. The Balaban J connectivity index is 1.36. The van der Waals surface area contributed by atoms with Crippen LogP contribution in [0.15, 0.2) is 42.5 Å². The third kappa shape index (κ3) is 3.69. The summed E-state index contributed by atoms with van der Waals surface area (Å²) >= 11 is 0. The van der Waals surface area contributed by atoms with Crippen LogP contribution in [0.4, 0.5) is 5.69 Å². The van der Waals surface area contributed by atoms with Crippen molar-refractivity contribution < 1.29 is 19.1 Å². The number of rotatable bonds is 4. The third-order valence-corrected chi connectivity index (χ3v) is 4.98. The lowest BCUT2D eigenvalue weighted by Gasteiger charge is -2.28. The van der Waals surface area contributed by atoms with E-state index in [4.69, 9.17) is 4.74 Å². The molecule has 27 heavy (non-hydrogen) atoms. The highest BCUT2D eigenvalue weighted by molar-refractivity contribution is 6.01. The Labute approximate surface area is 157 Å². The Bertz CT molecular complexity index is 922. The number of carbonyl (C=O) groups is 3. The summed E-state index contributed by atoms with van der Waals surface area (Å²) in [5.74, 6) is 0.178. The average molecular weight is 364 g/mol. The van der Waals surface area contributed by atoms with E-state index in [1.807, 2.05) is 23.1 Å². The van der Waals surface area contributed by atoms with Crippen molar-refractivity contribution >= 4 is 23.3 Å². The van der Waals surface area contributed by atoms with Gasteiger partial charge in [0.1, 0.15) is 5.75 Å². The second kappa shape index (κ2) is 7.23. The molecule has 0 bridgehead atoms. The predicted octanol–water partition coefficient (Wildman–Crippen LogP) is 2.57. The van der Waals surface area contributed by atoms with Gasteiger partial charge in [-0.15, -0.1) is 0 Å². The van der Waals surface area contributed by atoms with E-state index in [-0.39, 0.29) is 37.0 Å². The van der Waals surface area contributed by atoms with E-state index in [0.717, 1.165) is 6.42 Å². The molecule has 0 saturated carbocycles. The molecule has 0 unspecified atom stereocenters. The van der Waals surface area contributed by atoms with Crippen molar-refractivity contribution in [2.45, 2.75) is 25.8 Å². The molecule has 0 aliphatic carbocycles. The molecular weight excluding hydrogens is 344 g/mol. The average Bonchev–Trinajstić information content (AvgIpc) is 2.70. The van der Waals surface area contributed by atoms with Gasteiger partial charge in [-0.05, 0) is 35.7 Å². The van der Waals surface area contributed by atoms with Crippen LogP contribution in [0.3, 0.4) is 0 Å². The van der Waals surface area contributed by atoms with Crippen LogP contribution in [0.25, 0.3) is 0 Å². The molecule has 0 saturated heterocycles. The highest BCUT2D eigenvalue weighted by atomic mass is 16.5. The summed E-state index contributed by atoms with van der Waals surface area (Å²) in [5.41, 5.74) is 3.43. The van der Waals surface area contributed by atoms with Crippen molar-refractivity contribution in [2.24, 2.45) is 0 Å². The van der Waals surface area contributed by atoms with E-state index in [1.54, 1.807) is 18.2 Å². The maximum Gasteiger partial charge on any atom is 0.262 e. The van der Waals surface area contributed by atoms with Gasteiger partial charge in [0, 0.05) is 31.5 Å². The quantitative estimate of drug-likeness (QED) is 0.846. The van der Waals surface area contributed by atoms with Crippen LogP contribution >= 0.6 is 0 Å². The first kappa shape index (κ1) is 17.3. The van der Waals surface area contributed by atoms with Crippen LogP contribution in [0, 0.1) is 0 Å². The molecule has 2 heterocycles. The van der Waals surface area contributed by atoms with E-state index in [0.29, 0.717) is 30.1 Å². The minimum atomic E-state index is -0.243. The van der Waals surface area contributed by atoms with Gasteiger partial charge in [0.2, 0.25) is 5.91 Å². The number of carbonyl (C=O) groups excluding carboxylic acids is 3. The zero-order valence-electron chi connectivity index (χ0n) is 14.9. The van der Waals surface area contributed by atoms with E-state index in [2.05, 4.69) is 11.4 Å². The Hall–Kier alpha value is -3.15. The molecule has 2 amide bonds. The summed E-state index contributed by atoms with van der Waals surface area (Å²) in [5, 5.41) is 2.69. The van der Waals surface area contributed by atoms with E-state index >= 15 is 0 Å². The minimum Gasteiger partial charge on any atom is -0.482 e. The summed E-state index contributed by atoms with van der Waals surface area (Å²) < 4.78 is 5.29. The first-order chi connectivity index (χ1) is 13.1. The fraction of sp³-hybridized carbons (Fsp3) is 0.286. The standard InChI is InChI=1S/C21H20N2O4/c24-18(15-5-7-19-17(11-15)22-20(25)13-27-19)6-8-21(26)23-10-9-14-3-1-2-4-16(14)12-23/h1-5,7,11H,6,8-10,12-13H2,(H,22,25). The number of anilines is 1. The normalized spacial score (nSPS) is 15.3. The number of hydrogen-bond acceptors (Lipinski definition) is 4. The Morgan fingerprint density at radius 2 is 1.89 bits per heavy atom. The zero-order valence-corrected chi connectivity index (χ0v) is 14.9. The zero-order chi connectivity index (χ0) is 18.8. The van der Waals surface area contributed by atoms with Gasteiger partial charge in [0.25, 0.3) is 5.91 Å². The monoisotopic (exact) mass is 364 g/mol. The van der Waals surface area contributed by atoms with Crippen LogP contribution < -0.4 is 10.1 Å². The number of hydrogen-bond donors (Lipinski definition) is 1. The highest BCUT2D eigenvalue weighted by Crippen LogP contribution is 2.29. The molecule has 138 valence electrons. The van der Waals surface area contributed by atoms with Crippen molar-refractivity contribution in [1.29, 1.82) is 0 Å². The summed E-state index contributed by atoms with van der Waals surface area (Å²) in [7, 11) is 0. The van der Waals surface area contributed by atoms with Crippen molar-refractivity contribution in [3.63, 3.8) is 0 Å². The Morgan fingerprint density at radius 1 is 1.07 bits per heavy atom. The van der Waals surface area contributed by atoms with Gasteiger partial charge in [0.15, 0.2) is 12.4 Å². The van der Waals surface area contributed by atoms with Crippen LogP contribution in [-0.4, -0.2) is 35.6 Å². The van der Waals surface area contributed by atoms with Gasteiger partial charge in [-0.2, -0.15) is 0 Å². The van der Waals surface area contributed by atoms with Crippen molar-refractivity contribution in [3.05, 3.63) is 59.2 Å². The number of nitrogens with zero attached hydrogens (tertiary/aromatic N) is 1. The molecule has 0 spiro atoms. The van der Waals surface area contributed by atoms with E-state index < -0.39 is 0 Å². The molecule has 2 aliphatic rings. The summed E-state index contributed by atoms with van der Waals surface area (Å²) in [6.45, 7) is 1.27. The Morgan fingerprint density at radius 3 is 2.74 bits per heavy atom. The van der Waals surface area contributed by atoms with Gasteiger partial charge >= 0.3 is 0 Å². The fourth-order valence-corrected chi connectivity index (χ4v) is 3.49. The molecule has 2 aromatic carbocycles. The molecule has 1 N–H and O–H groups in total. The molecule has 6 nitrogen and oxygen atoms in total. The van der Waals surface area contributed by atoms with Crippen LogP contribution in [0.2, 0.25) is 0 Å². The number of nitrogens with one attached hydrogen (secondary N) is 1. The summed E-state index contributed by atoms with van der Waals surface area (Å²) in [6, 6.07) is 13.1. The Kier molecular flexibility index (Phi) is 4.62. The molecule has 6 heteroatoms. The minimum absolute atomic E-state index is 0.00699. The first-order valence-electron chi connectivity index (χ1n) is 9.04. The van der Waals surface area contributed by atoms with E-state index in [9.17, 15) is 14.4 Å². The summed E-state index contributed by atoms with van der Waals surface area (Å²) in [6.07, 6.45) is 1.17. The van der Waals surface area contributed by atoms with Crippen LogP contribution in [0.1, 0.15) is 34.3 Å². The second-order valence-electron chi connectivity index (χ2n) is 6.80. The van der Waals surface area contributed by atoms with Crippen LogP contribution in [0.5, 0.6) is 5.75 Å². The highest BCUT2D eigenvalue weighted by Gasteiger charge is 2.22. The number of fused-ring (bicyclic) bond motifs is 2. The largest absolute Gasteiger partial charge is 0.482 e. The first-order valence-corrected chi connectivity index (χ1v) is 9.04. The summed E-state index contributed by atoms with van der Waals surface area (Å²) in [4.78, 5) is 38.2.